The Morgan fingerprint density at radius 2 is 1.78 bits per heavy atom. The third kappa shape index (κ3) is 6.60. The van der Waals surface area contributed by atoms with Crippen molar-refractivity contribution in [2.24, 2.45) is 0 Å². The number of benzene rings is 3. The van der Waals surface area contributed by atoms with E-state index in [1.807, 2.05) is 48.5 Å². The number of rotatable bonds is 6. The topological polar surface area (TPSA) is 79.3 Å². The van der Waals surface area contributed by atoms with Crippen LogP contribution >= 0.6 is 11.8 Å². The van der Waals surface area contributed by atoms with E-state index in [1.165, 1.54) is 11.8 Å². The van der Waals surface area contributed by atoms with Crippen molar-refractivity contribution < 1.29 is 56.0 Å². The van der Waals surface area contributed by atoms with Crippen LogP contribution in [0.25, 0.3) is 23.1 Å². The van der Waals surface area contributed by atoms with E-state index in [2.05, 4.69) is 4.98 Å². The van der Waals surface area contributed by atoms with E-state index in [4.69, 9.17) is 4.74 Å². The fourth-order valence-electron chi connectivity index (χ4n) is 4.11. The Bertz CT molecular complexity index is 1600. The standard InChI is InChI=1S/C27H21F2NO4S2.Na/c28-23-14-18-7-9-20(30-25(18)15-24(23)29)8-5-17-6-10-26-22(13-17)27(35-11-12-36(31,32)33)21-4-2-1-3-19(21)16-34-26;/h1-10,13-15,27H,11-12,16H2,(H,31,32,33);/q;+1/p-1. The molecule has 0 N–H and O–H groups in total. The van der Waals surface area contributed by atoms with E-state index in [0.29, 0.717) is 29.0 Å². The molecule has 10 heteroatoms. The zero-order chi connectivity index (χ0) is 25.3. The van der Waals surface area contributed by atoms with Crippen LogP contribution < -0.4 is 34.3 Å². The number of fused-ring (bicyclic) bond motifs is 3. The van der Waals surface area contributed by atoms with Gasteiger partial charge in [-0.1, -0.05) is 42.5 Å². The Hall–Kier alpha value is -2.27. The summed E-state index contributed by atoms with van der Waals surface area (Å²) >= 11 is 1.39. The predicted octanol–water partition coefficient (Wildman–Crippen LogP) is 2.95. The summed E-state index contributed by atoms with van der Waals surface area (Å²) in [6.07, 6.45) is 3.63. The quantitative estimate of drug-likeness (QED) is 0.273. The summed E-state index contributed by atoms with van der Waals surface area (Å²) in [6.45, 7) is 0.382. The molecule has 1 aromatic heterocycles. The van der Waals surface area contributed by atoms with Crippen molar-refractivity contribution in [1.82, 2.24) is 4.98 Å². The van der Waals surface area contributed by atoms with Crippen molar-refractivity contribution in [2.75, 3.05) is 11.5 Å². The van der Waals surface area contributed by atoms with Crippen LogP contribution in [0.1, 0.15) is 33.2 Å². The van der Waals surface area contributed by atoms with Gasteiger partial charge in [-0.3, -0.25) is 0 Å². The maximum atomic E-state index is 13.6. The van der Waals surface area contributed by atoms with Gasteiger partial charge in [0.1, 0.15) is 12.4 Å². The molecule has 0 radical (unpaired) electrons. The van der Waals surface area contributed by atoms with Crippen LogP contribution in [-0.2, 0) is 16.7 Å². The first-order chi connectivity index (χ1) is 17.3. The number of thioether (sulfide) groups is 1. The van der Waals surface area contributed by atoms with Crippen molar-refractivity contribution in [1.29, 1.82) is 0 Å². The maximum absolute atomic E-state index is 13.6. The second kappa shape index (κ2) is 11.6. The molecular weight excluding hydrogens is 527 g/mol. The third-order valence-electron chi connectivity index (χ3n) is 5.85. The van der Waals surface area contributed by atoms with E-state index in [0.717, 1.165) is 34.4 Å². The number of halogens is 2. The molecule has 0 fully saturated rings. The Kier molecular flexibility index (Phi) is 8.73. The van der Waals surface area contributed by atoms with Crippen molar-refractivity contribution in [3.8, 4) is 5.75 Å². The van der Waals surface area contributed by atoms with Crippen LogP contribution in [0.5, 0.6) is 5.75 Å². The van der Waals surface area contributed by atoms with Gasteiger partial charge in [-0.2, -0.15) is 0 Å². The molecule has 0 saturated heterocycles. The number of nitrogens with zero attached hydrogens (tertiary/aromatic N) is 1. The molecule has 0 bridgehead atoms. The van der Waals surface area contributed by atoms with E-state index >= 15 is 0 Å². The minimum absolute atomic E-state index is 0. The van der Waals surface area contributed by atoms with Gasteiger partial charge in [0.15, 0.2) is 11.6 Å². The number of pyridine rings is 1. The number of hydrogen-bond acceptors (Lipinski definition) is 6. The largest absolute Gasteiger partial charge is 1.00 e. The summed E-state index contributed by atoms with van der Waals surface area (Å²) in [6, 6.07) is 19.1. The summed E-state index contributed by atoms with van der Waals surface area (Å²) < 4.78 is 66.7. The van der Waals surface area contributed by atoms with Gasteiger partial charge in [-0.05, 0) is 47.0 Å². The van der Waals surface area contributed by atoms with Gasteiger partial charge >= 0.3 is 29.6 Å². The summed E-state index contributed by atoms with van der Waals surface area (Å²) in [5.74, 6) is -1.48. The Labute approximate surface area is 240 Å². The molecule has 184 valence electrons. The Balaban J connectivity index is 0.00000320. The molecule has 4 aromatic rings. The fraction of sp³-hybridized carbons (Fsp3) is 0.148. The van der Waals surface area contributed by atoms with Gasteiger partial charge in [0.05, 0.1) is 26.6 Å². The van der Waals surface area contributed by atoms with Gasteiger partial charge in [-0.15, -0.1) is 11.8 Å². The minimum Gasteiger partial charge on any atom is -0.748 e. The molecule has 0 spiro atoms. The molecule has 1 aliphatic rings. The van der Waals surface area contributed by atoms with E-state index in [1.54, 1.807) is 18.2 Å². The molecule has 1 aliphatic heterocycles. The van der Waals surface area contributed by atoms with E-state index in [-0.39, 0.29) is 40.6 Å². The van der Waals surface area contributed by atoms with Crippen LogP contribution in [0.15, 0.2) is 66.7 Å². The average molecular weight is 548 g/mol. The van der Waals surface area contributed by atoms with Crippen molar-refractivity contribution in [3.63, 3.8) is 0 Å². The Morgan fingerprint density at radius 1 is 1.00 bits per heavy atom. The molecule has 0 amide bonds. The van der Waals surface area contributed by atoms with Gasteiger partial charge in [0, 0.05) is 28.5 Å². The molecule has 3 aromatic carbocycles. The van der Waals surface area contributed by atoms with Gasteiger partial charge in [0.25, 0.3) is 0 Å². The second-order valence-electron chi connectivity index (χ2n) is 8.33. The molecule has 5 rings (SSSR count). The normalized spacial score (nSPS) is 14.9. The number of hydrogen-bond donors (Lipinski definition) is 0. The molecule has 0 saturated carbocycles. The summed E-state index contributed by atoms with van der Waals surface area (Å²) in [5.41, 5.74) is 4.67. The number of aromatic nitrogens is 1. The fourth-order valence-corrected chi connectivity index (χ4v) is 6.32. The van der Waals surface area contributed by atoms with E-state index < -0.39 is 27.5 Å². The smallest absolute Gasteiger partial charge is 0.748 e. The zero-order valence-electron chi connectivity index (χ0n) is 19.9. The van der Waals surface area contributed by atoms with Crippen LogP contribution in [0.3, 0.4) is 0 Å². The Morgan fingerprint density at radius 3 is 2.59 bits per heavy atom. The van der Waals surface area contributed by atoms with Gasteiger partial charge in [-0.25, -0.2) is 22.2 Å². The molecule has 1 atom stereocenters. The number of ether oxygens (including phenoxy) is 1. The first-order valence-electron chi connectivity index (χ1n) is 11.1. The summed E-state index contributed by atoms with van der Waals surface area (Å²) in [5, 5.41) is 0.289. The predicted molar refractivity (Wildman–Crippen MR) is 137 cm³/mol. The SMILES string of the molecule is O=S(=O)([O-])CCSC1c2ccccc2COc2ccc(C=Cc3ccc4cc(F)c(F)cc4n3)cc21.[Na+]. The molecule has 2 heterocycles. The second-order valence-corrected chi connectivity index (χ2v) is 11.1. The maximum Gasteiger partial charge on any atom is 1.00 e. The first-order valence-corrected chi connectivity index (χ1v) is 13.7. The molecule has 1 unspecified atom stereocenters. The van der Waals surface area contributed by atoms with Crippen LogP contribution in [0.2, 0.25) is 0 Å². The van der Waals surface area contributed by atoms with Crippen molar-refractivity contribution in [2.45, 2.75) is 11.9 Å². The van der Waals surface area contributed by atoms with Crippen LogP contribution in [0.4, 0.5) is 8.78 Å². The molecule has 5 nitrogen and oxygen atoms in total. The summed E-state index contributed by atoms with van der Waals surface area (Å²) in [4.78, 5) is 4.39. The molecular formula is C27H20F2NNaO4S2. The monoisotopic (exact) mass is 547 g/mol. The van der Waals surface area contributed by atoms with Gasteiger partial charge < -0.3 is 9.29 Å². The zero-order valence-corrected chi connectivity index (χ0v) is 23.5. The third-order valence-corrected chi connectivity index (χ3v) is 8.10. The van der Waals surface area contributed by atoms with E-state index in [9.17, 15) is 21.8 Å². The average Bonchev–Trinajstić information content (AvgIpc) is 3.00. The summed E-state index contributed by atoms with van der Waals surface area (Å²) in [7, 11) is -4.32. The molecule has 37 heavy (non-hydrogen) atoms. The van der Waals surface area contributed by atoms with Crippen molar-refractivity contribution in [3.05, 3.63) is 106 Å². The van der Waals surface area contributed by atoms with Crippen LogP contribution in [0, 0.1) is 11.6 Å². The molecule has 0 aliphatic carbocycles. The van der Waals surface area contributed by atoms with Crippen molar-refractivity contribution >= 4 is 44.9 Å². The first kappa shape index (κ1) is 27.8. The minimum atomic E-state index is -4.32. The van der Waals surface area contributed by atoms with Gasteiger partial charge in [0.2, 0.25) is 0 Å². The van der Waals surface area contributed by atoms with Crippen LogP contribution in [-0.4, -0.2) is 29.5 Å².